The molecule has 3 rings (SSSR count). The van der Waals surface area contributed by atoms with E-state index >= 15 is 0 Å². The molecule has 0 atom stereocenters. The van der Waals surface area contributed by atoms with E-state index in [1.54, 1.807) is 45.0 Å². The lowest BCUT2D eigenvalue weighted by Gasteiger charge is -2.15. The first kappa shape index (κ1) is 17.2. The van der Waals surface area contributed by atoms with Crippen molar-refractivity contribution >= 4 is 15.7 Å². The van der Waals surface area contributed by atoms with Crippen molar-refractivity contribution < 1.29 is 12.8 Å². The number of hydrogen-bond donors (Lipinski definition) is 1. The van der Waals surface area contributed by atoms with Gasteiger partial charge in [-0.1, -0.05) is 29.8 Å². The van der Waals surface area contributed by atoms with Crippen LogP contribution in [0.5, 0.6) is 0 Å². The minimum Gasteiger partial charge on any atom is -0.421 e. The molecule has 0 aliphatic rings. The van der Waals surface area contributed by atoms with Crippen molar-refractivity contribution in [3.63, 3.8) is 0 Å². The van der Waals surface area contributed by atoms with Crippen LogP contribution in [0.25, 0.3) is 11.5 Å². The third-order valence-corrected chi connectivity index (χ3v) is 5.47. The zero-order valence-electron chi connectivity index (χ0n) is 14.5. The van der Waals surface area contributed by atoms with Crippen molar-refractivity contribution in [3.8, 4) is 11.5 Å². The molecular formula is C18H19N3O3S. The van der Waals surface area contributed by atoms with Crippen LogP contribution in [0, 0.1) is 27.7 Å². The van der Waals surface area contributed by atoms with Gasteiger partial charge >= 0.3 is 0 Å². The average molecular weight is 357 g/mol. The van der Waals surface area contributed by atoms with E-state index in [1.807, 2.05) is 19.1 Å². The average Bonchev–Trinajstić information content (AvgIpc) is 2.92. The number of benzene rings is 2. The van der Waals surface area contributed by atoms with Crippen LogP contribution in [0.3, 0.4) is 0 Å². The van der Waals surface area contributed by atoms with E-state index in [2.05, 4.69) is 14.9 Å². The van der Waals surface area contributed by atoms with Crippen molar-refractivity contribution in [2.24, 2.45) is 0 Å². The Balaban J connectivity index is 2.06. The predicted octanol–water partition coefficient (Wildman–Crippen LogP) is 3.77. The van der Waals surface area contributed by atoms with Gasteiger partial charge in [-0.05, 0) is 44.0 Å². The van der Waals surface area contributed by atoms with Gasteiger partial charge in [0.25, 0.3) is 10.0 Å². The van der Waals surface area contributed by atoms with Crippen LogP contribution in [-0.2, 0) is 10.0 Å². The monoisotopic (exact) mass is 357 g/mol. The van der Waals surface area contributed by atoms with Gasteiger partial charge in [0.2, 0.25) is 11.8 Å². The summed E-state index contributed by atoms with van der Waals surface area (Å²) in [5.41, 5.74) is 3.36. The van der Waals surface area contributed by atoms with Gasteiger partial charge in [0.1, 0.15) is 0 Å². The Hall–Kier alpha value is -2.67. The number of aromatic nitrogens is 2. The third-order valence-electron chi connectivity index (χ3n) is 3.80. The van der Waals surface area contributed by atoms with E-state index in [1.165, 1.54) is 0 Å². The Kier molecular flexibility index (Phi) is 4.34. The first-order chi connectivity index (χ1) is 11.8. The molecule has 1 heterocycles. The second kappa shape index (κ2) is 6.33. The summed E-state index contributed by atoms with van der Waals surface area (Å²) in [4.78, 5) is 0.287. The van der Waals surface area contributed by atoms with Crippen molar-refractivity contribution in [1.82, 2.24) is 10.2 Å². The molecule has 0 bridgehead atoms. The maximum Gasteiger partial charge on any atom is 0.262 e. The summed E-state index contributed by atoms with van der Waals surface area (Å²) in [7, 11) is -3.75. The molecular weight excluding hydrogens is 338 g/mol. The standard InChI is InChI=1S/C18H19N3O3S/c1-11-9-12(2)17(13(3)10-11)25(22,23)21-16-8-6-5-7-15(16)18-20-19-14(4)24-18/h5-10,21H,1-4H3. The van der Waals surface area contributed by atoms with Crippen molar-refractivity contribution in [3.05, 3.63) is 59.0 Å². The summed E-state index contributed by atoms with van der Waals surface area (Å²) in [5.74, 6) is 0.686. The fraction of sp³-hybridized carbons (Fsp3) is 0.222. The molecule has 0 saturated heterocycles. The maximum absolute atomic E-state index is 13.0. The van der Waals surface area contributed by atoms with Crippen LogP contribution in [0.2, 0.25) is 0 Å². The van der Waals surface area contributed by atoms with Gasteiger partial charge in [-0.25, -0.2) is 8.42 Å². The molecule has 0 amide bonds. The van der Waals surface area contributed by atoms with Gasteiger partial charge in [-0.3, -0.25) is 4.72 Å². The summed E-state index contributed by atoms with van der Waals surface area (Å²) >= 11 is 0. The zero-order chi connectivity index (χ0) is 18.2. The molecule has 0 radical (unpaired) electrons. The number of rotatable bonds is 4. The minimum absolute atomic E-state index is 0.271. The van der Waals surface area contributed by atoms with Crippen LogP contribution in [-0.4, -0.2) is 18.6 Å². The molecule has 1 N–H and O–H groups in total. The lowest BCUT2D eigenvalue weighted by atomic mass is 10.1. The summed E-state index contributed by atoms with van der Waals surface area (Å²) in [6.07, 6.45) is 0. The van der Waals surface area contributed by atoms with Gasteiger partial charge < -0.3 is 4.42 Å². The first-order valence-corrected chi connectivity index (χ1v) is 9.26. The summed E-state index contributed by atoms with van der Waals surface area (Å²) in [6, 6.07) is 10.7. The van der Waals surface area contributed by atoms with Crippen molar-refractivity contribution in [1.29, 1.82) is 0 Å². The normalized spacial score (nSPS) is 11.5. The molecule has 3 aromatic rings. The van der Waals surface area contributed by atoms with E-state index in [4.69, 9.17) is 4.42 Å². The lowest BCUT2D eigenvalue weighted by Crippen LogP contribution is -2.16. The topological polar surface area (TPSA) is 85.1 Å². The molecule has 25 heavy (non-hydrogen) atoms. The molecule has 0 aliphatic carbocycles. The molecule has 0 fully saturated rings. The second-order valence-electron chi connectivity index (χ2n) is 6.01. The van der Waals surface area contributed by atoms with E-state index in [0.717, 1.165) is 5.56 Å². The van der Waals surface area contributed by atoms with Crippen molar-refractivity contribution in [2.45, 2.75) is 32.6 Å². The number of nitrogens with one attached hydrogen (secondary N) is 1. The summed E-state index contributed by atoms with van der Waals surface area (Å²) in [6.45, 7) is 7.21. The predicted molar refractivity (Wildman–Crippen MR) is 95.9 cm³/mol. The number of nitrogens with zero attached hydrogens (tertiary/aromatic N) is 2. The fourth-order valence-corrected chi connectivity index (χ4v) is 4.49. The number of aryl methyl sites for hydroxylation is 4. The molecule has 0 saturated carbocycles. The van der Waals surface area contributed by atoms with Crippen LogP contribution < -0.4 is 4.72 Å². The molecule has 6 nitrogen and oxygen atoms in total. The van der Waals surface area contributed by atoms with E-state index in [0.29, 0.717) is 28.3 Å². The van der Waals surface area contributed by atoms with Gasteiger partial charge in [-0.15, -0.1) is 10.2 Å². The van der Waals surface area contributed by atoms with Gasteiger partial charge in [-0.2, -0.15) is 0 Å². The lowest BCUT2D eigenvalue weighted by molar-refractivity contribution is 0.533. The molecule has 7 heteroatoms. The quantitative estimate of drug-likeness (QED) is 0.768. The van der Waals surface area contributed by atoms with Crippen molar-refractivity contribution in [2.75, 3.05) is 4.72 Å². The molecule has 0 aliphatic heterocycles. The highest BCUT2D eigenvalue weighted by atomic mass is 32.2. The largest absolute Gasteiger partial charge is 0.421 e. The van der Waals surface area contributed by atoms with Gasteiger partial charge in [0.15, 0.2) is 0 Å². The third kappa shape index (κ3) is 3.41. The van der Waals surface area contributed by atoms with Crippen LogP contribution in [0.1, 0.15) is 22.6 Å². The minimum atomic E-state index is -3.75. The Labute approximate surface area is 147 Å². The smallest absolute Gasteiger partial charge is 0.262 e. The Morgan fingerprint density at radius 3 is 2.20 bits per heavy atom. The van der Waals surface area contributed by atoms with Crippen LogP contribution >= 0.6 is 0 Å². The molecule has 0 spiro atoms. The highest BCUT2D eigenvalue weighted by Gasteiger charge is 2.22. The Morgan fingerprint density at radius 1 is 0.960 bits per heavy atom. The van der Waals surface area contributed by atoms with E-state index < -0.39 is 10.0 Å². The summed E-state index contributed by atoms with van der Waals surface area (Å²) < 4.78 is 34.0. The van der Waals surface area contributed by atoms with Gasteiger partial charge in [0, 0.05) is 6.92 Å². The Morgan fingerprint density at radius 2 is 1.60 bits per heavy atom. The SMILES string of the molecule is Cc1cc(C)c(S(=O)(=O)Nc2ccccc2-c2nnc(C)o2)c(C)c1. The van der Waals surface area contributed by atoms with Crippen LogP contribution in [0.15, 0.2) is 45.7 Å². The number of para-hydroxylation sites is 1. The molecule has 130 valence electrons. The highest BCUT2D eigenvalue weighted by Crippen LogP contribution is 2.30. The van der Waals surface area contributed by atoms with Crippen LogP contribution in [0.4, 0.5) is 5.69 Å². The second-order valence-corrected chi connectivity index (χ2v) is 7.62. The molecule has 1 aromatic heterocycles. The van der Waals surface area contributed by atoms with E-state index in [9.17, 15) is 8.42 Å². The number of anilines is 1. The highest BCUT2D eigenvalue weighted by molar-refractivity contribution is 7.92. The molecule has 2 aromatic carbocycles. The van der Waals surface area contributed by atoms with Gasteiger partial charge in [0.05, 0.1) is 16.1 Å². The summed E-state index contributed by atoms with van der Waals surface area (Å²) in [5, 5.41) is 7.78. The van der Waals surface area contributed by atoms with E-state index in [-0.39, 0.29) is 10.8 Å². The fourth-order valence-electron chi connectivity index (χ4n) is 2.95. The maximum atomic E-state index is 13.0. The Bertz CT molecular complexity index is 1020. The number of sulfonamides is 1. The number of hydrogen-bond acceptors (Lipinski definition) is 5. The molecule has 0 unspecified atom stereocenters. The first-order valence-electron chi connectivity index (χ1n) is 7.78. The zero-order valence-corrected chi connectivity index (χ0v) is 15.3.